The summed E-state index contributed by atoms with van der Waals surface area (Å²) in [5, 5.41) is 15.1. The Bertz CT molecular complexity index is 956. The van der Waals surface area contributed by atoms with Gasteiger partial charge in [-0.1, -0.05) is 5.21 Å². The van der Waals surface area contributed by atoms with Gasteiger partial charge in [0.25, 0.3) is 10.0 Å². The number of urea groups is 1. The molecule has 3 N–H and O–H groups in total. The van der Waals surface area contributed by atoms with Crippen LogP contribution in [0.4, 0.5) is 4.79 Å². The van der Waals surface area contributed by atoms with Crippen LogP contribution in [-0.4, -0.2) is 76.8 Å². The second kappa shape index (κ2) is 6.15. The molecule has 2 bridgehead atoms. The zero-order valence-electron chi connectivity index (χ0n) is 13.3. The van der Waals surface area contributed by atoms with Gasteiger partial charge in [-0.05, 0) is 12.8 Å². The van der Waals surface area contributed by atoms with E-state index in [1.807, 2.05) is 4.72 Å². The zero-order chi connectivity index (χ0) is 19.3. The molecule has 0 radical (unpaired) electrons. The number of nitrogens with one attached hydrogen (secondary N) is 2. The largest absolute Gasteiger partial charge is 0.418 e. The summed E-state index contributed by atoms with van der Waals surface area (Å²) in [6, 6.07) is -2.45. The third kappa shape index (κ3) is 3.48. The molecule has 14 nitrogen and oxygen atoms in total. The van der Waals surface area contributed by atoms with E-state index in [0.717, 1.165) is 11.1 Å². The van der Waals surface area contributed by atoms with Gasteiger partial charge in [0.15, 0.2) is 0 Å². The van der Waals surface area contributed by atoms with E-state index in [-0.39, 0.29) is 24.4 Å². The second-order valence-corrected chi connectivity index (χ2v) is 8.39. The lowest BCUT2D eigenvalue weighted by atomic mass is 10.0. The lowest BCUT2D eigenvalue weighted by Crippen LogP contribution is -2.50. The SMILES string of the molecule is Cn1cc(S(=O)(=O)NC(=N)[C@@H]2CC[C@@H]3CN2C(=O)N3OS(=O)(=O)O)nn1. The summed E-state index contributed by atoms with van der Waals surface area (Å²) < 4.78 is 62.4. The molecule has 2 amide bonds. The van der Waals surface area contributed by atoms with Crippen molar-refractivity contribution in [2.75, 3.05) is 6.54 Å². The minimum Gasteiger partial charge on any atom is -0.310 e. The number of hydrogen-bond acceptors (Lipinski definition) is 9. The summed E-state index contributed by atoms with van der Waals surface area (Å²) in [6.07, 6.45) is 1.59. The molecule has 16 heteroatoms. The summed E-state index contributed by atoms with van der Waals surface area (Å²) in [6.45, 7) is 0.0221. The van der Waals surface area contributed by atoms with Crippen molar-refractivity contribution >= 4 is 32.3 Å². The van der Waals surface area contributed by atoms with Crippen molar-refractivity contribution in [3.8, 4) is 0 Å². The van der Waals surface area contributed by atoms with Gasteiger partial charge in [0.1, 0.15) is 5.84 Å². The van der Waals surface area contributed by atoms with Crippen LogP contribution in [0.5, 0.6) is 0 Å². The zero-order valence-corrected chi connectivity index (χ0v) is 14.9. The van der Waals surface area contributed by atoms with Gasteiger partial charge in [-0.15, -0.1) is 9.38 Å². The molecule has 3 rings (SSSR count). The van der Waals surface area contributed by atoms with Crippen molar-refractivity contribution in [3.63, 3.8) is 0 Å². The number of rotatable bonds is 5. The van der Waals surface area contributed by atoms with Crippen molar-refractivity contribution in [1.82, 2.24) is 29.7 Å². The molecule has 2 fully saturated rings. The monoisotopic (exact) mass is 409 g/mol. The molecule has 2 aliphatic rings. The predicted octanol–water partition coefficient (Wildman–Crippen LogP) is -1.93. The molecule has 2 saturated heterocycles. The number of hydrogen-bond donors (Lipinski definition) is 3. The minimum absolute atomic E-state index is 0.0221. The Balaban J connectivity index is 1.75. The predicted molar refractivity (Wildman–Crippen MR) is 82.4 cm³/mol. The van der Waals surface area contributed by atoms with E-state index in [1.54, 1.807) is 0 Å². The van der Waals surface area contributed by atoms with Crippen LogP contribution in [0.15, 0.2) is 11.2 Å². The summed E-state index contributed by atoms with van der Waals surface area (Å²) in [7, 11) is -7.56. The third-order valence-electron chi connectivity index (χ3n) is 3.93. The van der Waals surface area contributed by atoms with Gasteiger partial charge in [0.05, 0.1) is 18.3 Å². The molecule has 0 aliphatic carbocycles. The van der Waals surface area contributed by atoms with Crippen LogP contribution in [0.25, 0.3) is 0 Å². The standard InChI is InChI=1S/C10H15N7O7S2/c1-15-5-8(12-14-15)25(19,20)13-9(11)7-3-2-6-4-16(7)10(18)17(6)24-26(21,22)23/h5-7H,2-4H2,1H3,(H2,11,13)(H,21,22,23)/t6-,7+/m1/s1. The van der Waals surface area contributed by atoms with Crippen molar-refractivity contribution in [1.29, 1.82) is 5.41 Å². The molecule has 1 aromatic rings. The number of nitrogens with zero attached hydrogens (tertiary/aromatic N) is 5. The van der Waals surface area contributed by atoms with Crippen molar-refractivity contribution in [2.45, 2.75) is 30.0 Å². The maximum atomic E-state index is 12.3. The average Bonchev–Trinajstić information content (AvgIpc) is 3.05. The normalized spacial score (nSPS) is 23.4. The van der Waals surface area contributed by atoms with Gasteiger partial charge < -0.3 is 4.90 Å². The van der Waals surface area contributed by atoms with Crippen LogP contribution < -0.4 is 4.72 Å². The van der Waals surface area contributed by atoms with Gasteiger partial charge in [0, 0.05) is 13.6 Å². The first-order valence-corrected chi connectivity index (χ1v) is 10.1. The molecular formula is C10H15N7O7S2. The molecule has 0 saturated carbocycles. The Labute approximate surface area is 148 Å². The Morgan fingerprint density at radius 2 is 2.08 bits per heavy atom. The Morgan fingerprint density at radius 1 is 1.38 bits per heavy atom. The highest BCUT2D eigenvalue weighted by molar-refractivity contribution is 7.90. The van der Waals surface area contributed by atoms with E-state index >= 15 is 0 Å². The van der Waals surface area contributed by atoms with E-state index in [1.165, 1.54) is 11.7 Å². The second-order valence-electron chi connectivity index (χ2n) is 5.76. The molecular weight excluding hydrogens is 394 g/mol. The highest BCUT2D eigenvalue weighted by Gasteiger charge is 2.48. The van der Waals surface area contributed by atoms with E-state index in [0.29, 0.717) is 5.06 Å². The molecule has 2 atom stereocenters. The fourth-order valence-corrected chi connectivity index (χ4v) is 4.20. The van der Waals surface area contributed by atoms with Gasteiger partial charge >= 0.3 is 16.4 Å². The Kier molecular flexibility index (Phi) is 4.37. The van der Waals surface area contributed by atoms with Crippen LogP contribution >= 0.6 is 0 Å². The number of amidine groups is 1. The van der Waals surface area contributed by atoms with Crippen molar-refractivity contribution < 1.29 is 30.5 Å². The van der Waals surface area contributed by atoms with Gasteiger partial charge in [0.2, 0.25) is 5.03 Å². The first-order chi connectivity index (χ1) is 12.0. The van der Waals surface area contributed by atoms with E-state index in [4.69, 9.17) is 9.96 Å². The van der Waals surface area contributed by atoms with Gasteiger partial charge in [-0.2, -0.15) is 21.9 Å². The lowest BCUT2D eigenvalue weighted by Gasteiger charge is -2.30. The molecule has 26 heavy (non-hydrogen) atoms. The molecule has 0 spiro atoms. The Morgan fingerprint density at radius 3 is 2.65 bits per heavy atom. The van der Waals surface area contributed by atoms with Crippen molar-refractivity contribution in [2.24, 2.45) is 7.05 Å². The number of carbonyl (C=O) groups excluding carboxylic acids is 1. The minimum atomic E-state index is -4.88. The first kappa shape index (κ1) is 18.5. The summed E-state index contributed by atoms with van der Waals surface area (Å²) in [5.41, 5.74) is 0. The van der Waals surface area contributed by atoms with Gasteiger partial charge in [-0.25, -0.2) is 4.79 Å². The lowest BCUT2D eigenvalue weighted by molar-refractivity contribution is -0.0316. The fourth-order valence-electron chi connectivity index (χ4n) is 2.85. The number of piperidine rings is 1. The topological polar surface area (TPSA) is 188 Å². The van der Waals surface area contributed by atoms with Crippen LogP contribution in [0, 0.1) is 5.41 Å². The van der Waals surface area contributed by atoms with Crippen LogP contribution in [0.1, 0.15) is 12.8 Å². The molecule has 3 heterocycles. The summed E-state index contributed by atoms with van der Waals surface area (Å²) >= 11 is 0. The van der Waals surface area contributed by atoms with E-state index in [9.17, 15) is 21.6 Å². The van der Waals surface area contributed by atoms with Gasteiger partial charge in [-0.3, -0.25) is 19.4 Å². The quantitative estimate of drug-likeness (QED) is 0.283. The van der Waals surface area contributed by atoms with Crippen LogP contribution in [0.3, 0.4) is 0 Å². The number of amides is 2. The number of sulfonamides is 1. The summed E-state index contributed by atoms with van der Waals surface area (Å²) in [5.74, 6) is -0.476. The highest BCUT2D eigenvalue weighted by Crippen LogP contribution is 2.30. The molecule has 0 aromatic carbocycles. The van der Waals surface area contributed by atoms with E-state index < -0.39 is 44.4 Å². The number of carbonyl (C=O) groups is 1. The average molecular weight is 409 g/mol. The van der Waals surface area contributed by atoms with Crippen molar-refractivity contribution in [3.05, 3.63) is 6.20 Å². The van der Waals surface area contributed by atoms with Crippen LogP contribution in [0.2, 0.25) is 0 Å². The third-order valence-corrected chi connectivity index (χ3v) is 5.51. The Hall–Kier alpha value is -2.30. The molecule has 2 aliphatic heterocycles. The molecule has 144 valence electrons. The smallest absolute Gasteiger partial charge is 0.310 e. The summed E-state index contributed by atoms with van der Waals surface area (Å²) in [4.78, 5) is 13.4. The molecule has 1 aromatic heterocycles. The van der Waals surface area contributed by atoms with E-state index in [2.05, 4.69) is 14.6 Å². The number of aromatic nitrogens is 3. The number of aryl methyl sites for hydroxylation is 1. The maximum absolute atomic E-state index is 12.3. The highest BCUT2D eigenvalue weighted by atomic mass is 32.3. The number of fused-ring (bicyclic) bond motifs is 2. The first-order valence-electron chi connectivity index (χ1n) is 7.22. The van der Waals surface area contributed by atoms with Crippen LogP contribution in [-0.2, 0) is 31.8 Å². The number of hydroxylamine groups is 2. The maximum Gasteiger partial charge on any atom is 0.418 e. The fraction of sp³-hybridized carbons (Fsp3) is 0.600. The molecule has 0 unspecified atom stereocenters.